The Balaban J connectivity index is 2.23. The average molecular weight is 247 g/mol. The van der Waals surface area contributed by atoms with Crippen molar-refractivity contribution in [2.45, 2.75) is 32.7 Å². The van der Waals surface area contributed by atoms with Crippen LogP contribution in [0.4, 0.5) is 5.69 Å². The highest BCUT2D eigenvalue weighted by atomic mass is 16.4. The van der Waals surface area contributed by atoms with Gasteiger partial charge in [-0.3, -0.25) is 0 Å². The van der Waals surface area contributed by atoms with Crippen molar-refractivity contribution in [1.29, 1.82) is 0 Å². The molecule has 1 heterocycles. The van der Waals surface area contributed by atoms with Crippen LogP contribution in [0.15, 0.2) is 29.4 Å². The summed E-state index contributed by atoms with van der Waals surface area (Å²) >= 11 is 0. The van der Waals surface area contributed by atoms with Crippen molar-refractivity contribution < 1.29 is 5.21 Å². The third-order valence-electron chi connectivity index (χ3n) is 3.54. The number of benzene rings is 1. The van der Waals surface area contributed by atoms with E-state index >= 15 is 0 Å². The van der Waals surface area contributed by atoms with Gasteiger partial charge in [0.2, 0.25) is 0 Å². The lowest BCUT2D eigenvalue weighted by Gasteiger charge is -2.39. The number of para-hydroxylation sites is 1. The number of nitrogens with zero attached hydrogens (tertiary/aromatic N) is 2. The van der Waals surface area contributed by atoms with E-state index in [0.717, 1.165) is 13.0 Å². The highest BCUT2D eigenvalue weighted by molar-refractivity contribution is 5.80. The minimum Gasteiger partial charge on any atom is -0.409 e. The molecule has 0 fully saturated rings. The lowest BCUT2D eigenvalue weighted by Crippen LogP contribution is -2.42. The zero-order chi connectivity index (χ0) is 13.1. The SMILES string of the molecule is CC1Cc2ccccc2N(C(C)CC(N)=NO)C1. The first-order valence-electron chi connectivity index (χ1n) is 6.42. The fourth-order valence-electron chi connectivity index (χ4n) is 2.71. The standard InChI is InChI=1S/C14H21N3O/c1-10-7-12-5-3-4-6-13(12)17(9-10)11(2)8-14(15)16-18/h3-6,10-11,18H,7-9H2,1-2H3,(H2,15,16). The van der Waals surface area contributed by atoms with Crippen molar-refractivity contribution in [2.24, 2.45) is 16.8 Å². The summed E-state index contributed by atoms with van der Waals surface area (Å²) in [4.78, 5) is 2.36. The van der Waals surface area contributed by atoms with Crippen molar-refractivity contribution in [3.05, 3.63) is 29.8 Å². The first kappa shape index (κ1) is 12.7. The molecule has 2 rings (SSSR count). The summed E-state index contributed by atoms with van der Waals surface area (Å²) in [5.74, 6) is 0.924. The first-order valence-corrected chi connectivity index (χ1v) is 6.42. The Morgan fingerprint density at radius 3 is 3.00 bits per heavy atom. The van der Waals surface area contributed by atoms with Crippen LogP contribution in [0.3, 0.4) is 0 Å². The molecule has 0 saturated heterocycles. The van der Waals surface area contributed by atoms with Gasteiger partial charge < -0.3 is 15.8 Å². The molecule has 0 radical (unpaired) electrons. The second kappa shape index (κ2) is 5.29. The Bertz CT molecular complexity index is 444. The van der Waals surface area contributed by atoms with Gasteiger partial charge in [-0.1, -0.05) is 30.3 Å². The summed E-state index contributed by atoms with van der Waals surface area (Å²) in [6.45, 7) is 5.41. The van der Waals surface area contributed by atoms with Gasteiger partial charge in [0.1, 0.15) is 5.84 Å². The molecule has 98 valence electrons. The van der Waals surface area contributed by atoms with Gasteiger partial charge in [0.05, 0.1) is 0 Å². The number of oxime groups is 1. The first-order chi connectivity index (χ1) is 8.61. The van der Waals surface area contributed by atoms with Crippen molar-refractivity contribution >= 4 is 11.5 Å². The highest BCUT2D eigenvalue weighted by Gasteiger charge is 2.25. The molecule has 1 aliphatic heterocycles. The van der Waals surface area contributed by atoms with Crippen LogP contribution in [0, 0.1) is 5.92 Å². The molecule has 0 amide bonds. The third kappa shape index (κ3) is 2.58. The second-order valence-corrected chi connectivity index (χ2v) is 5.23. The van der Waals surface area contributed by atoms with E-state index in [1.165, 1.54) is 11.3 Å². The quantitative estimate of drug-likeness (QED) is 0.372. The topological polar surface area (TPSA) is 61.8 Å². The van der Waals surface area contributed by atoms with E-state index in [2.05, 4.69) is 48.2 Å². The summed E-state index contributed by atoms with van der Waals surface area (Å²) in [5, 5.41) is 11.7. The molecule has 0 aliphatic carbocycles. The van der Waals surface area contributed by atoms with Crippen LogP contribution in [0.1, 0.15) is 25.8 Å². The van der Waals surface area contributed by atoms with E-state index < -0.39 is 0 Å². The molecule has 4 heteroatoms. The van der Waals surface area contributed by atoms with E-state index in [1.807, 2.05) is 0 Å². The smallest absolute Gasteiger partial charge is 0.141 e. The third-order valence-corrected chi connectivity index (χ3v) is 3.54. The van der Waals surface area contributed by atoms with Gasteiger partial charge in [-0.2, -0.15) is 0 Å². The number of anilines is 1. The average Bonchev–Trinajstić information content (AvgIpc) is 2.37. The molecule has 0 saturated carbocycles. The van der Waals surface area contributed by atoms with Gasteiger partial charge in [0.15, 0.2) is 0 Å². The molecule has 1 aromatic carbocycles. The fourth-order valence-corrected chi connectivity index (χ4v) is 2.71. The van der Waals surface area contributed by atoms with E-state index in [9.17, 15) is 0 Å². The van der Waals surface area contributed by atoms with Crippen molar-refractivity contribution in [1.82, 2.24) is 0 Å². The van der Waals surface area contributed by atoms with Crippen molar-refractivity contribution in [3.8, 4) is 0 Å². The number of amidine groups is 1. The zero-order valence-electron chi connectivity index (χ0n) is 11.0. The minimum absolute atomic E-state index is 0.241. The molecule has 0 aromatic heterocycles. The molecule has 18 heavy (non-hydrogen) atoms. The zero-order valence-corrected chi connectivity index (χ0v) is 11.0. The van der Waals surface area contributed by atoms with Crippen LogP contribution in [-0.4, -0.2) is 23.6 Å². The number of hydrogen-bond acceptors (Lipinski definition) is 3. The normalized spacial score (nSPS) is 21.6. The van der Waals surface area contributed by atoms with E-state index in [0.29, 0.717) is 18.2 Å². The van der Waals surface area contributed by atoms with Crippen molar-refractivity contribution in [3.63, 3.8) is 0 Å². The van der Waals surface area contributed by atoms with Gasteiger partial charge in [-0.05, 0) is 30.9 Å². The summed E-state index contributed by atoms with van der Waals surface area (Å²) < 4.78 is 0. The molecular weight excluding hydrogens is 226 g/mol. The maximum absolute atomic E-state index is 8.67. The van der Waals surface area contributed by atoms with E-state index in [-0.39, 0.29) is 6.04 Å². The Morgan fingerprint density at radius 2 is 2.28 bits per heavy atom. The number of fused-ring (bicyclic) bond motifs is 1. The largest absolute Gasteiger partial charge is 0.409 e. The molecule has 4 nitrogen and oxygen atoms in total. The molecule has 2 unspecified atom stereocenters. The molecule has 0 spiro atoms. The van der Waals surface area contributed by atoms with Crippen LogP contribution in [0.25, 0.3) is 0 Å². The molecule has 1 aromatic rings. The van der Waals surface area contributed by atoms with Crippen molar-refractivity contribution in [2.75, 3.05) is 11.4 Å². The monoisotopic (exact) mass is 247 g/mol. The number of hydrogen-bond donors (Lipinski definition) is 2. The van der Waals surface area contributed by atoms with Crippen LogP contribution >= 0.6 is 0 Å². The van der Waals surface area contributed by atoms with Crippen LogP contribution < -0.4 is 10.6 Å². The maximum atomic E-state index is 8.67. The number of rotatable bonds is 3. The van der Waals surface area contributed by atoms with Crippen LogP contribution in [-0.2, 0) is 6.42 Å². The predicted molar refractivity (Wildman–Crippen MR) is 74.1 cm³/mol. The van der Waals surface area contributed by atoms with Gasteiger partial charge in [0, 0.05) is 24.7 Å². The maximum Gasteiger partial charge on any atom is 0.141 e. The molecule has 3 N–H and O–H groups in total. The lowest BCUT2D eigenvalue weighted by molar-refractivity contribution is 0.316. The molecule has 2 atom stereocenters. The molecule has 1 aliphatic rings. The van der Waals surface area contributed by atoms with Gasteiger partial charge in [0.25, 0.3) is 0 Å². The fraction of sp³-hybridized carbons (Fsp3) is 0.500. The summed E-state index contributed by atoms with van der Waals surface area (Å²) in [6, 6.07) is 8.74. The highest BCUT2D eigenvalue weighted by Crippen LogP contribution is 2.31. The number of nitrogens with two attached hydrogens (primary N) is 1. The Labute approximate surface area is 108 Å². The summed E-state index contributed by atoms with van der Waals surface area (Å²) in [5.41, 5.74) is 8.29. The van der Waals surface area contributed by atoms with Gasteiger partial charge in [-0.15, -0.1) is 0 Å². The van der Waals surface area contributed by atoms with Crippen LogP contribution in [0.2, 0.25) is 0 Å². The van der Waals surface area contributed by atoms with E-state index in [1.54, 1.807) is 0 Å². The molecule has 0 bridgehead atoms. The Hall–Kier alpha value is -1.71. The van der Waals surface area contributed by atoms with Crippen LogP contribution in [0.5, 0.6) is 0 Å². The Morgan fingerprint density at radius 1 is 1.56 bits per heavy atom. The van der Waals surface area contributed by atoms with Gasteiger partial charge in [-0.25, -0.2) is 0 Å². The lowest BCUT2D eigenvalue weighted by atomic mass is 9.92. The summed E-state index contributed by atoms with van der Waals surface area (Å²) in [7, 11) is 0. The summed E-state index contributed by atoms with van der Waals surface area (Å²) in [6.07, 6.45) is 1.71. The second-order valence-electron chi connectivity index (χ2n) is 5.23. The molecular formula is C14H21N3O. The predicted octanol–water partition coefficient (Wildman–Crippen LogP) is 2.21. The Kier molecular flexibility index (Phi) is 3.75. The van der Waals surface area contributed by atoms with E-state index in [4.69, 9.17) is 10.9 Å². The minimum atomic E-state index is 0.241. The van der Waals surface area contributed by atoms with Gasteiger partial charge >= 0.3 is 0 Å².